The lowest BCUT2D eigenvalue weighted by Crippen LogP contribution is -2.31. The number of nitrogens with zero attached hydrogens (tertiary/aromatic N) is 3. The van der Waals surface area contributed by atoms with E-state index in [2.05, 4.69) is 11.6 Å². The van der Waals surface area contributed by atoms with E-state index in [1.165, 1.54) is 4.90 Å². The van der Waals surface area contributed by atoms with Gasteiger partial charge in [-0.05, 0) is 55.2 Å². The number of ketones is 1. The Bertz CT molecular complexity index is 1570. The number of hydrogen-bond acceptors (Lipinski definition) is 5. The van der Waals surface area contributed by atoms with Crippen molar-refractivity contribution >= 4 is 23.1 Å². The number of Topliss-reactive ketones (excluding diaryl/α,β-unsaturated/α-hetero) is 1. The summed E-state index contributed by atoms with van der Waals surface area (Å²) in [5, 5.41) is 11.6. The average molecular weight is 508 g/mol. The second-order valence-electron chi connectivity index (χ2n) is 9.33. The van der Waals surface area contributed by atoms with E-state index in [1.54, 1.807) is 18.2 Å². The molecule has 7 nitrogen and oxygen atoms in total. The number of carbonyl (C=O) groups is 2. The molecule has 4 aromatic rings. The lowest BCUT2D eigenvalue weighted by Gasteiger charge is -2.25. The molecule has 1 amide bonds. The maximum Gasteiger partial charge on any atom is 0.295 e. The smallest absolute Gasteiger partial charge is 0.295 e. The molecular weight excluding hydrogens is 478 g/mol. The maximum atomic E-state index is 13.5. The van der Waals surface area contributed by atoms with Crippen LogP contribution < -0.4 is 4.74 Å². The zero-order valence-corrected chi connectivity index (χ0v) is 21.4. The van der Waals surface area contributed by atoms with E-state index in [4.69, 9.17) is 4.74 Å². The summed E-state index contributed by atoms with van der Waals surface area (Å²) in [5.41, 5.74) is 4.31. The molecular formula is C31H29N3O4. The normalized spacial score (nSPS) is 16.8. The Morgan fingerprint density at radius 3 is 2.61 bits per heavy atom. The molecule has 1 saturated heterocycles. The maximum absolute atomic E-state index is 13.5. The van der Waals surface area contributed by atoms with Crippen molar-refractivity contribution in [3.8, 4) is 5.75 Å². The van der Waals surface area contributed by atoms with Gasteiger partial charge in [0.05, 0.1) is 17.3 Å². The summed E-state index contributed by atoms with van der Waals surface area (Å²) < 4.78 is 7.60. The molecule has 5 rings (SSSR count). The van der Waals surface area contributed by atoms with Crippen molar-refractivity contribution < 1.29 is 19.4 Å². The molecule has 1 unspecified atom stereocenters. The van der Waals surface area contributed by atoms with Crippen LogP contribution in [0.5, 0.6) is 5.75 Å². The molecule has 1 N–H and O–H groups in total. The largest absolute Gasteiger partial charge is 0.505 e. The number of hydrogen-bond donors (Lipinski definition) is 1. The van der Waals surface area contributed by atoms with Crippen molar-refractivity contribution in [1.29, 1.82) is 0 Å². The van der Waals surface area contributed by atoms with Gasteiger partial charge in [-0.15, -0.1) is 0 Å². The van der Waals surface area contributed by atoms with Crippen molar-refractivity contribution in [2.24, 2.45) is 0 Å². The first kappa shape index (κ1) is 25.0. The number of amides is 1. The standard InChI is InChI=1S/C31H29N3O4/c1-4-18-38-24-14-8-13-23(19-24)27-25(28(35)26-21(3)33-16-9-10-20(2)30(33)32-26)29(36)31(37)34(27)17-15-22-11-6-5-7-12-22/h4-14,16,19,27,35H,1,15,17-18H2,2-3H3/b28-25+. The fraction of sp³-hybridized carbons (Fsp3) is 0.194. The summed E-state index contributed by atoms with van der Waals surface area (Å²) in [5.74, 6) is -1.09. The molecule has 1 aliphatic heterocycles. The number of fused-ring (bicyclic) bond motifs is 1. The van der Waals surface area contributed by atoms with Gasteiger partial charge in [0.2, 0.25) is 0 Å². The van der Waals surface area contributed by atoms with Gasteiger partial charge in [-0.1, -0.05) is 61.2 Å². The fourth-order valence-electron chi connectivity index (χ4n) is 4.96. The van der Waals surface area contributed by atoms with Crippen LogP contribution in [0.4, 0.5) is 0 Å². The number of likely N-dealkylation sites (tertiary alicyclic amines) is 1. The van der Waals surface area contributed by atoms with Gasteiger partial charge in [-0.2, -0.15) is 0 Å². The predicted octanol–water partition coefficient (Wildman–Crippen LogP) is 5.18. The van der Waals surface area contributed by atoms with E-state index < -0.39 is 17.7 Å². The number of rotatable bonds is 8. The molecule has 38 heavy (non-hydrogen) atoms. The van der Waals surface area contributed by atoms with Crippen molar-refractivity contribution in [3.63, 3.8) is 0 Å². The third-order valence-electron chi connectivity index (χ3n) is 6.87. The Labute approximate surface area is 221 Å². The summed E-state index contributed by atoms with van der Waals surface area (Å²) in [7, 11) is 0. The van der Waals surface area contributed by atoms with Crippen LogP contribution in [0, 0.1) is 13.8 Å². The molecule has 1 fully saturated rings. The Balaban J connectivity index is 1.64. The first-order valence-corrected chi connectivity index (χ1v) is 12.5. The monoisotopic (exact) mass is 507 g/mol. The zero-order chi connectivity index (χ0) is 26.8. The van der Waals surface area contributed by atoms with Gasteiger partial charge in [-0.3, -0.25) is 9.59 Å². The first-order valence-electron chi connectivity index (χ1n) is 12.5. The van der Waals surface area contributed by atoms with Gasteiger partial charge in [-0.25, -0.2) is 4.98 Å². The van der Waals surface area contributed by atoms with Crippen LogP contribution >= 0.6 is 0 Å². The highest BCUT2D eigenvalue weighted by molar-refractivity contribution is 6.46. The van der Waals surface area contributed by atoms with E-state index in [9.17, 15) is 14.7 Å². The Morgan fingerprint density at radius 1 is 1.08 bits per heavy atom. The number of aliphatic hydroxyl groups excluding tert-OH is 1. The molecule has 0 spiro atoms. The highest BCUT2D eigenvalue weighted by Gasteiger charge is 2.46. The summed E-state index contributed by atoms with van der Waals surface area (Å²) in [4.78, 5) is 33.1. The molecule has 2 aromatic carbocycles. The molecule has 2 aromatic heterocycles. The van der Waals surface area contributed by atoms with Gasteiger partial charge >= 0.3 is 0 Å². The molecule has 192 valence electrons. The van der Waals surface area contributed by atoms with Crippen LogP contribution in [-0.2, 0) is 16.0 Å². The van der Waals surface area contributed by atoms with E-state index in [0.29, 0.717) is 42.2 Å². The number of ether oxygens (including phenoxy) is 1. The minimum atomic E-state index is -0.795. The third kappa shape index (κ3) is 4.47. The summed E-state index contributed by atoms with van der Waals surface area (Å²) in [6.45, 7) is 8.07. The number of imidazole rings is 1. The lowest BCUT2D eigenvalue weighted by molar-refractivity contribution is -0.139. The Morgan fingerprint density at radius 2 is 1.87 bits per heavy atom. The van der Waals surface area contributed by atoms with Crippen molar-refractivity contribution in [1.82, 2.24) is 14.3 Å². The summed E-state index contributed by atoms with van der Waals surface area (Å²) in [6, 6.07) is 20.1. The van der Waals surface area contributed by atoms with Crippen molar-refractivity contribution in [2.75, 3.05) is 13.2 Å². The minimum Gasteiger partial charge on any atom is -0.505 e. The van der Waals surface area contributed by atoms with Gasteiger partial charge < -0.3 is 19.1 Å². The first-order chi connectivity index (χ1) is 18.4. The van der Waals surface area contributed by atoms with Crippen LogP contribution in [0.15, 0.2) is 91.2 Å². The quantitative estimate of drug-likeness (QED) is 0.154. The molecule has 0 radical (unpaired) electrons. The van der Waals surface area contributed by atoms with Crippen LogP contribution in [0.2, 0.25) is 0 Å². The zero-order valence-electron chi connectivity index (χ0n) is 21.4. The Hall–Kier alpha value is -4.65. The lowest BCUT2D eigenvalue weighted by atomic mass is 9.96. The number of aromatic nitrogens is 2. The Kier molecular flexibility index (Phi) is 6.83. The molecule has 1 atom stereocenters. The second-order valence-corrected chi connectivity index (χ2v) is 9.33. The van der Waals surface area contributed by atoms with Crippen LogP contribution in [0.1, 0.15) is 34.1 Å². The molecule has 3 heterocycles. The van der Waals surface area contributed by atoms with Crippen LogP contribution in [0.25, 0.3) is 11.4 Å². The van der Waals surface area contributed by atoms with E-state index in [-0.39, 0.29) is 17.0 Å². The molecule has 0 saturated carbocycles. The van der Waals surface area contributed by atoms with E-state index in [1.807, 2.05) is 79.0 Å². The number of carbonyl (C=O) groups excluding carboxylic acids is 2. The highest BCUT2D eigenvalue weighted by Crippen LogP contribution is 2.40. The minimum absolute atomic E-state index is 0.0214. The highest BCUT2D eigenvalue weighted by atomic mass is 16.5. The third-order valence-corrected chi connectivity index (χ3v) is 6.87. The summed E-state index contributed by atoms with van der Waals surface area (Å²) >= 11 is 0. The van der Waals surface area contributed by atoms with Crippen molar-refractivity contribution in [2.45, 2.75) is 26.3 Å². The SMILES string of the molecule is C=CCOc1cccc(C2/C(=C(\O)c3nc4c(C)cccn4c3C)C(=O)C(=O)N2CCc2ccccc2)c1. The van der Waals surface area contributed by atoms with E-state index >= 15 is 0 Å². The second kappa shape index (κ2) is 10.4. The van der Waals surface area contributed by atoms with Crippen molar-refractivity contribution in [3.05, 3.63) is 119 Å². The molecule has 7 heteroatoms. The van der Waals surface area contributed by atoms with Gasteiger partial charge in [0.25, 0.3) is 11.7 Å². The molecule has 0 aliphatic carbocycles. The van der Waals surface area contributed by atoms with Gasteiger partial charge in [0, 0.05) is 12.7 Å². The number of aliphatic hydroxyl groups is 1. The molecule has 0 bridgehead atoms. The van der Waals surface area contributed by atoms with Crippen LogP contribution in [0.3, 0.4) is 0 Å². The van der Waals surface area contributed by atoms with Crippen LogP contribution in [-0.4, -0.2) is 44.2 Å². The fourth-order valence-corrected chi connectivity index (χ4v) is 4.96. The summed E-state index contributed by atoms with van der Waals surface area (Å²) in [6.07, 6.45) is 4.06. The van der Waals surface area contributed by atoms with Gasteiger partial charge in [0.1, 0.15) is 23.7 Å². The predicted molar refractivity (Wildman–Crippen MR) is 146 cm³/mol. The van der Waals surface area contributed by atoms with E-state index in [0.717, 1.165) is 11.1 Å². The number of pyridine rings is 1. The van der Waals surface area contributed by atoms with Gasteiger partial charge in [0.15, 0.2) is 5.76 Å². The number of benzene rings is 2. The molecule has 1 aliphatic rings. The topological polar surface area (TPSA) is 84.1 Å². The average Bonchev–Trinajstić information content (AvgIpc) is 3.41. The number of aryl methyl sites for hydroxylation is 2.